The van der Waals surface area contributed by atoms with Crippen molar-refractivity contribution in [2.75, 3.05) is 17.2 Å². The van der Waals surface area contributed by atoms with Crippen LogP contribution in [0.25, 0.3) is 0 Å². The first-order chi connectivity index (χ1) is 6.61. The van der Waals surface area contributed by atoms with Crippen LogP contribution in [0, 0.1) is 6.92 Å². The smallest absolute Gasteiger partial charge is 0.0538 e. The zero-order valence-corrected chi connectivity index (χ0v) is 9.87. The first-order valence-corrected chi connectivity index (χ1v) is 5.90. The number of aryl methyl sites for hydroxylation is 2. The Morgan fingerprint density at radius 3 is 2.36 bits per heavy atom. The minimum absolute atomic E-state index is 0.839. The van der Waals surface area contributed by atoms with Gasteiger partial charge in [-0.1, -0.05) is 19.9 Å². The molecule has 0 heterocycles. The van der Waals surface area contributed by atoms with Gasteiger partial charge in [0, 0.05) is 0 Å². The van der Waals surface area contributed by atoms with E-state index >= 15 is 0 Å². The lowest BCUT2D eigenvalue weighted by Gasteiger charge is -2.14. The second-order valence-corrected chi connectivity index (χ2v) is 4.57. The summed E-state index contributed by atoms with van der Waals surface area (Å²) in [6, 6.07) is 2.09. The van der Waals surface area contributed by atoms with Gasteiger partial charge < -0.3 is 11.5 Å². The molecule has 78 valence electrons. The maximum atomic E-state index is 6.05. The van der Waals surface area contributed by atoms with Gasteiger partial charge in [0.05, 0.1) is 16.3 Å². The van der Waals surface area contributed by atoms with Crippen molar-refractivity contribution in [3.8, 4) is 0 Å². The van der Waals surface area contributed by atoms with E-state index in [0.717, 1.165) is 34.0 Å². The average Bonchev–Trinajstić information content (AvgIpc) is 2.18. The second kappa shape index (κ2) is 4.60. The maximum absolute atomic E-state index is 6.05. The van der Waals surface area contributed by atoms with E-state index < -0.39 is 0 Å². The van der Waals surface area contributed by atoms with Crippen LogP contribution < -0.4 is 11.5 Å². The van der Waals surface area contributed by atoms with Crippen LogP contribution in [-0.4, -0.2) is 5.75 Å². The van der Waals surface area contributed by atoms with E-state index in [2.05, 4.69) is 19.9 Å². The summed E-state index contributed by atoms with van der Waals surface area (Å²) in [6.07, 6.45) is 0.963. The molecule has 2 nitrogen and oxygen atoms in total. The number of rotatable bonds is 3. The minimum atomic E-state index is 0.839. The van der Waals surface area contributed by atoms with Gasteiger partial charge in [0.25, 0.3) is 0 Å². The number of thioether (sulfide) groups is 1. The molecule has 0 fully saturated rings. The van der Waals surface area contributed by atoms with Crippen LogP contribution in [0.3, 0.4) is 0 Å². The van der Waals surface area contributed by atoms with Crippen LogP contribution in [0.5, 0.6) is 0 Å². The molecule has 0 aliphatic rings. The van der Waals surface area contributed by atoms with Crippen LogP contribution in [0.15, 0.2) is 11.0 Å². The third kappa shape index (κ3) is 1.98. The summed E-state index contributed by atoms with van der Waals surface area (Å²) in [5, 5.41) is 0. The molecule has 3 heteroatoms. The predicted octanol–water partition coefficient (Wildman–Crippen LogP) is 2.83. The summed E-state index contributed by atoms with van der Waals surface area (Å²) in [7, 11) is 0. The van der Waals surface area contributed by atoms with Crippen molar-refractivity contribution in [2.24, 2.45) is 0 Å². The van der Waals surface area contributed by atoms with E-state index in [9.17, 15) is 0 Å². The maximum Gasteiger partial charge on any atom is 0.0538 e. The van der Waals surface area contributed by atoms with Crippen LogP contribution in [0.1, 0.15) is 25.0 Å². The van der Waals surface area contributed by atoms with Crippen LogP contribution in [0.4, 0.5) is 11.4 Å². The molecule has 0 saturated heterocycles. The summed E-state index contributed by atoms with van der Waals surface area (Å²) < 4.78 is 0. The van der Waals surface area contributed by atoms with Gasteiger partial charge in [-0.05, 0) is 30.2 Å². The molecule has 4 N–H and O–H groups in total. The van der Waals surface area contributed by atoms with Crippen LogP contribution in [-0.2, 0) is 6.42 Å². The molecule has 1 rings (SSSR count). The van der Waals surface area contributed by atoms with Gasteiger partial charge in [-0.15, -0.1) is 11.8 Å². The molecule has 1 aromatic carbocycles. The number of anilines is 2. The van der Waals surface area contributed by atoms with E-state index in [0.29, 0.717) is 0 Å². The lowest BCUT2D eigenvalue weighted by Crippen LogP contribution is -2.02. The summed E-state index contributed by atoms with van der Waals surface area (Å²) in [5.74, 6) is 1.00. The number of benzene rings is 1. The van der Waals surface area contributed by atoms with Crippen molar-refractivity contribution >= 4 is 23.1 Å². The monoisotopic (exact) mass is 210 g/mol. The Morgan fingerprint density at radius 1 is 1.21 bits per heavy atom. The zero-order valence-electron chi connectivity index (χ0n) is 9.05. The third-order valence-corrected chi connectivity index (χ3v) is 3.34. The third-order valence-electron chi connectivity index (χ3n) is 2.32. The highest BCUT2D eigenvalue weighted by molar-refractivity contribution is 7.99. The summed E-state index contributed by atoms with van der Waals surface area (Å²) in [4.78, 5) is 1.06. The Bertz CT molecular complexity index is 335. The molecule has 0 spiro atoms. The highest BCUT2D eigenvalue weighted by Crippen LogP contribution is 2.35. The molecular weight excluding hydrogens is 192 g/mol. The van der Waals surface area contributed by atoms with Gasteiger partial charge in [0.2, 0.25) is 0 Å². The van der Waals surface area contributed by atoms with Gasteiger partial charge in [0.1, 0.15) is 0 Å². The first kappa shape index (κ1) is 11.2. The van der Waals surface area contributed by atoms with Gasteiger partial charge in [-0.3, -0.25) is 0 Å². The fourth-order valence-electron chi connectivity index (χ4n) is 1.48. The van der Waals surface area contributed by atoms with Gasteiger partial charge in [0.15, 0.2) is 0 Å². The first-order valence-electron chi connectivity index (χ1n) is 4.92. The Balaban J connectivity index is 3.29. The Kier molecular flexibility index (Phi) is 3.69. The SMILES string of the molecule is CCSc1c(N)c(C)cc(CC)c1N. The number of hydrogen-bond donors (Lipinski definition) is 2. The molecular formula is C11H18N2S. The number of hydrogen-bond acceptors (Lipinski definition) is 3. The molecule has 14 heavy (non-hydrogen) atoms. The van der Waals surface area contributed by atoms with Crippen molar-refractivity contribution in [3.63, 3.8) is 0 Å². The molecule has 0 aliphatic carbocycles. The van der Waals surface area contributed by atoms with E-state index in [1.165, 1.54) is 5.56 Å². The number of nitrogens with two attached hydrogens (primary N) is 2. The Hall–Kier alpha value is -0.830. The Morgan fingerprint density at radius 2 is 1.86 bits per heavy atom. The van der Waals surface area contributed by atoms with Crippen LogP contribution >= 0.6 is 11.8 Å². The molecule has 0 saturated carbocycles. The predicted molar refractivity (Wildman–Crippen MR) is 65.8 cm³/mol. The lowest BCUT2D eigenvalue weighted by molar-refractivity contribution is 1.12. The largest absolute Gasteiger partial charge is 0.398 e. The highest BCUT2D eigenvalue weighted by atomic mass is 32.2. The van der Waals surface area contributed by atoms with Crippen molar-refractivity contribution in [3.05, 3.63) is 17.2 Å². The average molecular weight is 210 g/mol. The minimum Gasteiger partial charge on any atom is -0.398 e. The molecule has 0 radical (unpaired) electrons. The van der Waals surface area contributed by atoms with E-state index in [-0.39, 0.29) is 0 Å². The topological polar surface area (TPSA) is 52.0 Å². The summed E-state index contributed by atoms with van der Waals surface area (Å²) in [5.41, 5.74) is 16.1. The van der Waals surface area contributed by atoms with Gasteiger partial charge >= 0.3 is 0 Å². The lowest BCUT2D eigenvalue weighted by atomic mass is 10.1. The van der Waals surface area contributed by atoms with Gasteiger partial charge in [-0.2, -0.15) is 0 Å². The Labute approximate surface area is 90.1 Å². The highest BCUT2D eigenvalue weighted by Gasteiger charge is 2.10. The summed E-state index contributed by atoms with van der Waals surface area (Å²) in [6.45, 7) is 6.26. The summed E-state index contributed by atoms with van der Waals surface area (Å²) >= 11 is 1.72. The zero-order chi connectivity index (χ0) is 10.7. The van der Waals surface area contributed by atoms with Crippen molar-refractivity contribution in [1.82, 2.24) is 0 Å². The number of nitrogen functional groups attached to an aromatic ring is 2. The quantitative estimate of drug-likeness (QED) is 0.596. The molecule has 0 bridgehead atoms. The van der Waals surface area contributed by atoms with Gasteiger partial charge in [-0.25, -0.2) is 0 Å². The molecule has 0 aromatic heterocycles. The van der Waals surface area contributed by atoms with Crippen molar-refractivity contribution < 1.29 is 0 Å². The molecule has 0 atom stereocenters. The second-order valence-electron chi connectivity index (χ2n) is 3.30. The van der Waals surface area contributed by atoms with E-state index in [1.807, 2.05) is 6.92 Å². The van der Waals surface area contributed by atoms with Crippen molar-refractivity contribution in [1.29, 1.82) is 0 Å². The molecule has 1 aromatic rings. The van der Waals surface area contributed by atoms with E-state index in [1.54, 1.807) is 11.8 Å². The molecule has 0 unspecified atom stereocenters. The fraction of sp³-hybridized carbons (Fsp3) is 0.455. The molecule has 0 amide bonds. The van der Waals surface area contributed by atoms with Crippen molar-refractivity contribution in [2.45, 2.75) is 32.1 Å². The normalized spacial score (nSPS) is 10.5. The molecule has 0 aliphatic heterocycles. The van der Waals surface area contributed by atoms with E-state index in [4.69, 9.17) is 11.5 Å². The van der Waals surface area contributed by atoms with Crippen LogP contribution in [0.2, 0.25) is 0 Å². The standard InChI is InChI=1S/C11H18N2S/c1-4-8-6-7(3)9(12)11(10(8)13)14-5-2/h6H,4-5,12-13H2,1-3H3. The fourth-order valence-corrected chi connectivity index (χ4v) is 2.37.